The highest BCUT2D eigenvalue weighted by molar-refractivity contribution is 6.18. The Morgan fingerprint density at radius 1 is 1.65 bits per heavy atom. The molecule has 1 saturated heterocycles. The molecule has 2 rings (SSSR count). The van der Waals surface area contributed by atoms with Crippen molar-refractivity contribution in [3.05, 3.63) is 32.6 Å². The molecule has 0 radical (unpaired) electrons. The van der Waals surface area contributed by atoms with E-state index in [4.69, 9.17) is 22.1 Å². The van der Waals surface area contributed by atoms with E-state index in [1.807, 2.05) is 0 Å². The maximum Gasteiger partial charge on any atom is 0.330 e. The molecule has 1 fully saturated rings. The molecule has 7 heteroatoms. The zero-order valence-corrected chi connectivity index (χ0v) is 10.1. The fourth-order valence-corrected chi connectivity index (χ4v) is 2.17. The first-order valence-electron chi connectivity index (χ1n) is 5.32. The first-order valence-corrected chi connectivity index (χ1v) is 5.85. The Balaban J connectivity index is 2.34. The predicted molar refractivity (Wildman–Crippen MR) is 63.3 cm³/mol. The number of aromatic nitrogens is 2. The van der Waals surface area contributed by atoms with E-state index in [2.05, 4.69) is 4.98 Å². The van der Waals surface area contributed by atoms with E-state index >= 15 is 0 Å². The van der Waals surface area contributed by atoms with E-state index in [1.165, 1.54) is 10.8 Å². The van der Waals surface area contributed by atoms with Gasteiger partial charge in [0.25, 0.3) is 5.56 Å². The van der Waals surface area contributed by atoms with Gasteiger partial charge in [-0.25, -0.2) is 4.79 Å². The standard InChI is InChI=1S/C10H14ClN3O3/c1-5-4-14(10(16)13-9(5)15)8-2-6(12)7(3-11)17-8/h4,6-8H,2-3,12H2,1H3,(H,13,15,16)/t6-,7+,8+/m0/s1. The number of nitrogens with one attached hydrogen (secondary N) is 1. The summed E-state index contributed by atoms with van der Waals surface area (Å²) >= 11 is 5.70. The molecule has 0 aliphatic carbocycles. The molecule has 17 heavy (non-hydrogen) atoms. The van der Waals surface area contributed by atoms with Crippen molar-refractivity contribution in [2.24, 2.45) is 5.73 Å². The van der Waals surface area contributed by atoms with E-state index < -0.39 is 11.9 Å². The van der Waals surface area contributed by atoms with Gasteiger partial charge in [0.2, 0.25) is 0 Å². The second-order valence-corrected chi connectivity index (χ2v) is 4.47. The summed E-state index contributed by atoms with van der Waals surface area (Å²) in [5.41, 5.74) is 5.41. The van der Waals surface area contributed by atoms with E-state index in [0.29, 0.717) is 12.0 Å². The Bertz CT molecular complexity index is 524. The van der Waals surface area contributed by atoms with Crippen LogP contribution in [0.15, 0.2) is 15.8 Å². The lowest BCUT2D eigenvalue weighted by atomic mass is 10.1. The molecule has 1 aromatic rings. The molecule has 1 aromatic heterocycles. The van der Waals surface area contributed by atoms with Crippen LogP contribution >= 0.6 is 11.6 Å². The number of aryl methyl sites for hydroxylation is 1. The summed E-state index contributed by atoms with van der Waals surface area (Å²) in [6.45, 7) is 1.63. The van der Waals surface area contributed by atoms with Crippen LogP contribution in [0.5, 0.6) is 0 Å². The first kappa shape index (κ1) is 12.3. The smallest absolute Gasteiger partial charge is 0.330 e. The zero-order chi connectivity index (χ0) is 12.6. The van der Waals surface area contributed by atoms with Crippen LogP contribution in [-0.2, 0) is 4.74 Å². The molecule has 6 nitrogen and oxygen atoms in total. The molecule has 0 bridgehead atoms. The van der Waals surface area contributed by atoms with Gasteiger partial charge in [0, 0.05) is 24.2 Å². The Morgan fingerprint density at radius 2 is 2.35 bits per heavy atom. The SMILES string of the molecule is Cc1cn([C@H]2C[C@H](N)[C@@H](CCl)O2)c(=O)[nH]c1=O. The molecule has 1 aliphatic rings. The lowest BCUT2D eigenvalue weighted by molar-refractivity contribution is 0.00755. The van der Waals surface area contributed by atoms with Crippen LogP contribution < -0.4 is 17.0 Å². The van der Waals surface area contributed by atoms with Crippen molar-refractivity contribution < 1.29 is 4.74 Å². The van der Waals surface area contributed by atoms with Crippen molar-refractivity contribution in [1.82, 2.24) is 9.55 Å². The van der Waals surface area contributed by atoms with Crippen LogP contribution in [-0.4, -0.2) is 27.6 Å². The van der Waals surface area contributed by atoms with Gasteiger partial charge in [0.05, 0.1) is 12.0 Å². The molecule has 0 saturated carbocycles. The third-order valence-corrected chi connectivity index (χ3v) is 3.20. The Morgan fingerprint density at radius 3 is 2.94 bits per heavy atom. The molecule has 1 aliphatic heterocycles. The Kier molecular flexibility index (Phi) is 3.37. The summed E-state index contributed by atoms with van der Waals surface area (Å²) in [5, 5.41) is 0. The quantitative estimate of drug-likeness (QED) is 0.714. The van der Waals surface area contributed by atoms with Crippen LogP contribution in [0.4, 0.5) is 0 Å². The van der Waals surface area contributed by atoms with Crippen LogP contribution in [0.3, 0.4) is 0 Å². The summed E-state index contributed by atoms with van der Waals surface area (Å²) < 4.78 is 6.92. The fourth-order valence-electron chi connectivity index (χ4n) is 1.87. The average molecular weight is 260 g/mol. The highest BCUT2D eigenvalue weighted by atomic mass is 35.5. The molecular formula is C10H14ClN3O3. The number of ether oxygens (including phenoxy) is 1. The topological polar surface area (TPSA) is 90.1 Å². The van der Waals surface area contributed by atoms with Crippen molar-refractivity contribution in [3.63, 3.8) is 0 Å². The van der Waals surface area contributed by atoms with Gasteiger partial charge in [-0.15, -0.1) is 11.6 Å². The summed E-state index contributed by atoms with van der Waals surface area (Å²) in [6, 6.07) is -0.198. The van der Waals surface area contributed by atoms with Gasteiger partial charge in [-0.1, -0.05) is 0 Å². The van der Waals surface area contributed by atoms with Gasteiger partial charge >= 0.3 is 5.69 Å². The van der Waals surface area contributed by atoms with E-state index in [-0.39, 0.29) is 23.6 Å². The first-order chi connectivity index (χ1) is 8.02. The molecule has 0 amide bonds. The third kappa shape index (κ3) is 2.29. The lowest BCUT2D eigenvalue weighted by Gasteiger charge is -2.14. The normalized spacial score (nSPS) is 28.5. The molecule has 2 heterocycles. The maximum absolute atomic E-state index is 11.6. The Hall–Kier alpha value is -1.11. The highest BCUT2D eigenvalue weighted by Gasteiger charge is 2.33. The number of hydrogen-bond donors (Lipinski definition) is 2. The number of H-pyrrole nitrogens is 1. The number of rotatable bonds is 2. The molecular weight excluding hydrogens is 246 g/mol. The second-order valence-electron chi connectivity index (χ2n) is 4.16. The molecule has 0 spiro atoms. The fraction of sp³-hybridized carbons (Fsp3) is 0.600. The van der Waals surface area contributed by atoms with Crippen molar-refractivity contribution in [2.45, 2.75) is 31.7 Å². The molecule has 0 unspecified atom stereocenters. The maximum atomic E-state index is 11.6. The molecule has 94 valence electrons. The highest BCUT2D eigenvalue weighted by Crippen LogP contribution is 2.26. The van der Waals surface area contributed by atoms with Gasteiger partial charge in [-0.05, 0) is 6.92 Å². The predicted octanol–water partition coefficient (Wildman–Crippen LogP) is -0.301. The van der Waals surface area contributed by atoms with Gasteiger partial charge in [0.1, 0.15) is 6.23 Å². The molecule has 3 atom stereocenters. The minimum Gasteiger partial charge on any atom is -0.352 e. The number of nitrogens with zero attached hydrogens (tertiary/aromatic N) is 1. The lowest BCUT2D eigenvalue weighted by Crippen LogP contribution is -2.33. The monoisotopic (exact) mass is 259 g/mol. The summed E-state index contributed by atoms with van der Waals surface area (Å²) in [4.78, 5) is 25.1. The van der Waals surface area contributed by atoms with Gasteiger partial charge in [0.15, 0.2) is 0 Å². The van der Waals surface area contributed by atoms with Crippen molar-refractivity contribution in [1.29, 1.82) is 0 Å². The Labute approximate surface area is 102 Å². The van der Waals surface area contributed by atoms with Gasteiger partial charge < -0.3 is 10.5 Å². The largest absolute Gasteiger partial charge is 0.352 e. The second kappa shape index (κ2) is 4.64. The van der Waals surface area contributed by atoms with E-state index in [1.54, 1.807) is 6.92 Å². The zero-order valence-electron chi connectivity index (χ0n) is 9.35. The van der Waals surface area contributed by atoms with Crippen molar-refractivity contribution >= 4 is 11.6 Å². The summed E-state index contributed by atoms with van der Waals surface area (Å²) in [5.74, 6) is 0.286. The number of hydrogen-bond acceptors (Lipinski definition) is 4. The van der Waals surface area contributed by atoms with Crippen LogP contribution in [0, 0.1) is 6.92 Å². The van der Waals surface area contributed by atoms with Crippen LogP contribution in [0.1, 0.15) is 18.2 Å². The van der Waals surface area contributed by atoms with Crippen molar-refractivity contribution in [2.75, 3.05) is 5.88 Å². The van der Waals surface area contributed by atoms with Crippen molar-refractivity contribution in [3.8, 4) is 0 Å². The van der Waals surface area contributed by atoms with Gasteiger partial charge in [-0.2, -0.15) is 0 Å². The number of nitrogens with two attached hydrogens (primary N) is 1. The minimum atomic E-state index is -0.493. The number of alkyl halides is 1. The summed E-state index contributed by atoms with van der Waals surface area (Å²) in [6.07, 6.45) is 1.26. The molecule has 3 N–H and O–H groups in total. The molecule has 0 aromatic carbocycles. The number of halogens is 1. The average Bonchev–Trinajstić information content (AvgIpc) is 2.65. The van der Waals surface area contributed by atoms with E-state index in [9.17, 15) is 9.59 Å². The van der Waals surface area contributed by atoms with Crippen LogP contribution in [0.2, 0.25) is 0 Å². The minimum absolute atomic E-state index is 0.198. The van der Waals surface area contributed by atoms with Gasteiger partial charge in [-0.3, -0.25) is 14.3 Å². The third-order valence-electron chi connectivity index (χ3n) is 2.89. The van der Waals surface area contributed by atoms with E-state index in [0.717, 1.165) is 0 Å². The number of aromatic amines is 1. The summed E-state index contributed by atoms with van der Waals surface area (Å²) in [7, 11) is 0. The van der Waals surface area contributed by atoms with Crippen LogP contribution in [0.25, 0.3) is 0 Å².